The van der Waals surface area contributed by atoms with Crippen LogP contribution in [0.4, 0.5) is 10.5 Å². The van der Waals surface area contributed by atoms with Crippen molar-refractivity contribution < 1.29 is 19.1 Å². The Hall–Kier alpha value is -2.44. The third-order valence-corrected chi connectivity index (χ3v) is 5.70. The van der Waals surface area contributed by atoms with Crippen molar-refractivity contribution in [3.63, 3.8) is 0 Å². The SMILES string of the molecule is COC(=O)CC(C)(Cc1cc(N(CCCl)CCCl)ccc1C)NC(=O)OCc1ccccc1. The zero-order valence-corrected chi connectivity index (χ0v) is 20.9. The molecule has 0 spiro atoms. The zero-order valence-electron chi connectivity index (χ0n) is 19.4. The van der Waals surface area contributed by atoms with Gasteiger partial charge in [-0.15, -0.1) is 23.2 Å². The first-order valence-corrected chi connectivity index (χ1v) is 11.9. The van der Waals surface area contributed by atoms with E-state index in [4.69, 9.17) is 32.7 Å². The molecule has 1 atom stereocenters. The van der Waals surface area contributed by atoms with E-state index in [1.54, 1.807) is 0 Å². The molecule has 1 N–H and O–H groups in total. The average molecular weight is 495 g/mol. The van der Waals surface area contributed by atoms with Crippen LogP contribution in [0.1, 0.15) is 30.0 Å². The summed E-state index contributed by atoms with van der Waals surface area (Å²) >= 11 is 11.9. The van der Waals surface area contributed by atoms with E-state index in [0.717, 1.165) is 22.4 Å². The van der Waals surface area contributed by atoms with E-state index in [0.29, 0.717) is 31.3 Å². The highest BCUT2D eigenvalue weighted by Crippen LogP contribution is 2.25. The number of hydrogen-bond acceptors (Lipinski definition) is 5. The number of carbonyl (C=O) groups excluding carboxylic acids is 2. The largest absolute Gasteiger partial charge is 0.469 e. The fourth-order valence-electron chi connectivity index (χ4n) is 3.59. The summed E-state index contributed by atoms with van der Waals surface area (Å²) in [5, 5.41) is 2.89. The second-order valence-electron chi connectivity index (χ2n) is 8.15. The number of nitrogens with zero attached hydrogens (tertiary/aromatic N) is 1. The Labute approximate surface area is 206 Å². The molecule has 180 valence electrons. The first-order chi connectivity index (χ1) is 15.8. The van der Waals surface area contributed by atoms with Crippen LogP contribution in [0.15, 0.2) is 48.5 Å². The number of rotatable bonds is 12. The second kappa shape index (κ2) is 13.3. The highest BCUT2D eigenvalue weighted by molar-refractivity contribution is 6.18. The van der Waals surface area contributed by atoms with Crippen molar-refractivity contribution in [2.24, 2.45) is 0 Å². The van der Waals surface area contributed by atoms with Gasteiger partial charge in [-0.3, -0.25) is 4.79 Å². The Kier molecular flexibility index (Phi) is 10.8. The van der Waals surface area contributed by atoms with Crippen molar-refractivity contribution in [1.82, 2.24) is 5.32 Å². The number of alkyl carbamates (subject to hydrolysis) is 1. The third-order valence-electron chi connectivity index (χ3n) is 5.37. The molecule has 6 nitrogen and oxygen atoms in total. The van der Waals surface area contributed by atoms with Gasteiger partial charge in [0.05, 0.1) is 19.1 Å². The van der Waals surface area contributed by atoms with Crippen LogP contribution in [0.2, 0.25) is 0 Å². The summed E-state index contributed by atoms with van der Waals surface area (Å²) in [6.07, 6.45) is -0.177. The molecule has 1 unspecified atom stereocenters. The summed E-state index contributed by atoms with van der Waals surface area (Å²) in [5.74, 6) is 0.546. The Balaban J connectivity index is 2.21. The molecule has 8 heteroatoms. The Bertz CT molecular complexity index is 905. The minimum atomic E-state index is -0.909. The van der Waals surface area contributed by atoms with E-state index < -0.39 is 17.6 Å². The van der Waals surface area contributed by atoms with Crippen molar-refractivity contribution in [3.8, 4) is 0 Å². The number of amides is 1. The highest BCUT2D eigenvalue weighted by atomic mass is 35.5. The molecule has 0 aliphatic rings. The molecular formula is C25H32Cl2N2O4. The molecule has 2 rings (SSSR count). The monoisotopic (exact) mass is 494 g/mol. The minimum absolute atomic E-state index is 0.000674. The van der Waals surface area contributed by atoms with Crippen LogP contribution in [0.3, 0.4) is 0 Å². The lowest BCUT2D eigenvalue weighted by Gasteiger charge is -2.31. The van der Waals surface area contributed by atoms with Crippen LogP contribution < -0.4 is 10.2 Å². The van der Waals surface area contributed by atoms with Gasteiger partial charge in [0, 0.05) is 30.5 Å². The van der Waals surface area contributed by atoms with Crippen LogP contribution in [-0.4, -0.2) is 49.6 Å². The van der Waals surface area contributed by atoms with Crippen molar-refractivity contribution in [2.45, 2.75) is 38.8 Å². The summed E-state index contributed by atoms with van der Waals surface area (Å²) in [6, 6.07) is 15.5. The predicted molar refractivity (Wildman–Crippen MR) is 133 cm³/mol. The molecule has 2 aromatic carbocycles. The molecule has 1 amide bonds. The van der Waals surface area contributed by atoms with Crippen LogP contribution in [-0.2, 0) is 27.3 Å². The van der Waals surface area contributed by atoms with Crippen LogP contribution in [0.5, 0.6) is 0 Å². The number of aryl methyl sites for hydroxylation is 1. The van der Waals surface area contributed by atoms with Gasteiger partial charge in [0.1, 0.15) is 6.61 Å². The summed E-state index contributed by atoms with van der Waals surface area (Å²) in [4.78, 5) is 26.9. The number of methoxy groups -OCH3 is 1. The molecule has 0 heterocycles. The van der Waals surface area contributed by atoms with Crippen LogP contribution >= 0.6 is 23.2 Å². The maximum Gasteiger partial charge on any atom is 0.407 e. The van der Waals surface area contributed by atoms with Gasteiger partial charge in [-0.05, 0) is 49.1 Å². The average Bonchev–Trinajstić information content (AvgIpc) is 2.79. The zero-order chi connectivity index (χ0) is 24.3. The first kappa shape index (κ1) is 26.8. The number of anilines is 1. The van der Waals surface area contributed by atoms with Crippen molar-refractivity contribution in [1.29, 1.82) is 0 Å². The molecule has 0 aliphatic carbocycles. The summed E-state index contributed by atoms with van der Waals surface area (Å²) in [6.45, 7) is 5.29. The minimum Gasteiger partial charge on any atom is -0.469 e. The normalized spacial score (nSPS) is 12.5. The number of halogens is 2. The summed E-state index contributed by atoms with van der Waals surface area (Å²) < 4.78 is 10.3. The number of carbonyl (C=O) groups is 2. The van der Waals surface area contributed by atoms with Crippen LogP contribution in [0.25, 0.3) is 0 Å². The molecule has 0 radical (unpaired) electrons. The van der Waals surface area contributed by atoms with E-state index in [2.05, 4.69) is 16.3 Å². The number of hydrogen-bond donors (Lipinski definition) is 1. The number of esters is 1. The van der Waals surface area contributed by atoms with E-state index in [-0.39, 0.29) is 13.0 Å². The van der Waals surface area contributed by atoms with Gasteiger partial charge in [-0.25, -0.2) is 4.79 Å². The Morgan fingerprint density at radius 2 is 1.73 bits per heavy atom. The van der Waals surface area contributed by atoms with Gasteiger partial charge >= 0.3 is 12.1 Å². The molecule has 0 saturated carbocycles. The van der Waals surface area contributed by atoms with Gasteiger partial charge in [0.2, 0.25) is 0 Å². The Morgan fingerprint density at radius 1 is 1.06 bits per heavy atom. The smallest absolute Gasteiger partial charge is 0.407 e. The Morgan fingerprint density at radius 3 is 2.33 bits per heavy atom. The standard InChI is InChI=1S/C25H32Cl2N2O4/c1-19-9-10-22(29(13-11-26)14-12-27)15-21(19)16-25(2,17-23(30)32-3)28-24(31)33-18-20-7-5-4-6-8-20/h4-10,15H,11-14,16-18H2,1-3H3,(H,28,31). The predicted octanol–water partition coefficient (Wildman–Crippen LogP) is 5.07. The van der Waals surface area contributed by atoms with Gasteiger partial charge < -0.3 is 19.7 Å². The maximum atomic E-state index is 12.6. The van der Waals surface area contributed by atoms with Gasteiger partial charge in [-0.2, -0.15) is 0 Å². The fourth-order valence-corrected chi connectivity index (χ4v) is 3.99. The highest BCUT2D eigenvalue weighted by Gasteiger charge is 2.32. The first-order valence-electron chi connectivity index (χ1n) is 10.8. The van der Waals surface area contributed by atoms with E-state index in [1.165, 1.54) is 7.11 Å². The molecular weight excluding hydrogens is 463 g/mol. The van der Waals surface area contributed by atoms with Crippen LogP contribution in [0, 0.1) is 6.92 Å². The molecule has 0 aromatic heterocycles. The van der Waals surface area contributed by atoms with Crippen molar-refractivity contribution >= 4 is 41.0 Å². The quantitative estimate of drug-likeness (QED) is 0.329. The van der Waals surface area contributed by atoms with E-state index >= 15 is 0 Å². The fraction of sp³-hybridized carbons (Fsp3) is 0.440. The number of benzene rings is 2. The molecule has 2 aromatic rings. The number of alkyl halides is 2. The van der Waals surface area contributed by atoms with E-state index in [9.17, 15) is 9.59 Å². The third kappa shape index (κ3) is 8.78. The lowest BCUT2D eigenvalue weighted by atomic mass is 9.87. The van der Waals surface area contributed by atoms with Crippen molar-refractivity contribution in [3.05, 3.63) is 65.2 Å². The second-order valence-corrected chi connectivity index (χ2v) is 8.91. The molecule has 33 heavy (non-hydrogen) atoms. The van der Waals surface area contributed by atoms with Gasteiger partial charge in [-0.1, -0.05) is 36.4 Å². The van der Waals surface area contributed by atoms with Gasteiger partial charge in [0.15, 0.2) is 0 Å². The lowest BCUT2D eigenvalue weighted by molar-refractivity contribution is -0.142. The molecule has 0 bridgehead atoms. The molecule has 0 saturated heterocycles. The topological polar surface area (TPSA) is 67.9 Å². The summed E-state index contributed by atoms with van der Waals surface area (Å²) in [5.41, 5.74) is 3.00. The summed E-state index contributed by atoms with van der Waals surface area (Å²) in [7, 11) is 1.33. The van der Waals surface area contributed by atoms with E-state index in [1.807, 2.05) is 56.3 Å². The molecule has 0 fully saturated rings. The number of ether oxygens (including phenoxy) is 2. The maximum absolute atomic E-state index is 12.6. The van der Waals surface area contributed by atoms with Gasteiger partial charge in [0.25, 0.3) is 0 Å². The number of nitrogens with one attached hydrogen (secondary N) is 1. The van der Waals surface area contributed by atoms with Crippen molar-refractivity contribution in [2.75, 3.05) is 36.9 Å². The molecule has 0 aliphatic heterocycles. The lowest BCUT2D eigenvalue weighted by Crippen LogP contribution is -2.49.